The number of Topliss-reactive ketones (excluding diaryl/α,β-unsaturated/α-hetero) is 1. The number of fused-ring (bicyclic) bond motifs is 7. The van der Waals surface area contributed by atoms with Gasteiger partial charge in [-0.1, -0.05) is 25.5 Å². The number of amides is 3. The van der Waals surface area contributed by atoms with Gasteiger partial charge in [-0.3, -0.25) is 9.59 Å². The number of hydrogen-bond donors (Lipinski definition) is 5. The summed E-state index contributed by atoms with van der Waals surface area (Å²) in [6.45, 7) is 8.35. The molecule has 19 heteroatoms. The van der Waals surface area contributed by atoms with Crippen molar-refractivity contribution < 1.29 is 71.1 Å². The van der Waals surface area contributed by atoms with E-state index < -0.39 is 82.3 Å². The number of nitrogens with one attached hydrogen (secondary N) is 3. The van der Waals surface area contributed by atoms with E-state index in [1.807, 2.05) is 13.0 Å². The lowest BCUT2D eigenvalue weighted by atomic mass is 9.44. The first kappa shape index (κ1) is 48.3. The van der Waals surface area contributed by atoms with Crippen LogP contribution in [0.4, 0.5) is 18.8 Å². The molecule has 0 spiro atoms. The molecule has 3 amide bonds. The largest absolute Gasteiger partial charge is 0.459 e. The van der Waals surface area contributed by atoms with E-state index in [1.165, 1.54) is 18.2 Å². The topological polar surface area (TPSA) is 251 Å². The monoisotopic (exact) mass is 923 g/mol. The minimum Gasteiger partial charge on any atom is -0.459 e. The maximum absolute atomic E-state index is 17.4. The second kappa shape index (κ2) is 19.3. The molecule has 0 bridgehead atoms. The highest BCUT2D eigenvalue weighted by Crippen LogP contribution is 2.70. The number of ether oxygens (including phenoxy) is 5. The van der Waals surface area contributed by atoms with Crippen molar-refractivity contribution in [1.29, 1.82) is 0 Å². The summed E-state index contributed by atoms with van der Waals surface area (Å²) in [6.07, 6.45) is 1.46. The number of allylic oxidation sites excluding steroid dienone is 4. The zero-order valence-electron chi connectivity index (χ0n) is 37.8. The molecule has 8 atom stereocenters. The predicted molar refractivity (Wildman–Crippen MR) is 233 cm³/mol. The summed E-state index contributed by atoms with van der Waals surface area (Å²) in [5.41, 5.74) is -3.83. The zero-order valence-corrected chi connectivity index (χ0v) is 37.8. The van der Waals surface area contributed by atoms with Crippen LogP contribution in [0.3, 0.4) is 0 Å². The Bertz CT molecular complexity index is 2500. The average molecular weight is 924 g/mol. The van der Waals surface area contributed by atoms with E-state index in [-0.39, 0.29) is 71.5 Å². The molecule has 2 aromatic heterocycles. The standard InChI is InChI=1S/C47H58FN3O15/c1-26-18-38(55)66-40-28(3)39-29(21-33(26)40)20-32(65-39)24-51-43(58)63-17-15-60-12-10-49-41(56)62-16-14-61-13-11-50-42(57)64-25-37(54)47(59)27(2)19-35-34-7-6-30-22-31(52)8-9-44(30,4)46(34,48)36(53)23-45(35,47)5/h8-9,18,20-22,27,34-36,53,59H,6-7,10-17,19,23-25H2,1-5H3,(H,49,56)(H,50,57)(H,51,58)/t27-,34?,35?,36?,44?,45?,46+,47+/m1/s1. The quantitative estimate of drug-likeness (QED) is 0.0694. The van der Waals surface area contributed by atoms with E-state index in [0.29, 0.717) is 47.3 Å². The molecule has 18 nitrogen and oxygen atoms in total. The van der Waals surface area contributed by atoms with Gasteiger partial charge in [-0.05, 0) is 88.1 Å². The highest BCUT2D eigenvalue weighted by molar-refractivity contribution is 6.01. The number of alkyl carbamates (subject to hydrolysis) is 3. The third kappa shape index (κ3) is 8.97. The number of aryl methyl sites for hydroxylation is 2. The smallest absolute Gasteiger partial charge is 0.407 e. The highest BCUT2D eigenvalue weighted by atomic mass is 19.1. The van der Waals surface area contributed by atoms with Gasteiger partial charge in [0.1, 0.15) is 35.7 Å². The molecule has 0 aliphatic heterocycles. The molecule has 5 N–H and O–H groups in total. The summed E-state index contributed by atoms with van der Waals surface area (Å²) in [7, 11) is 0. The minimum absolute atomic E-state index is 0.00541. The van der Waals surface area contributed by atoms with Crippen molar-refractivity contribution in [2.75, 3.05) is 59.3 Å². The molecule has 66 heavy (non-hydrogen) atoms. The van der Waals surface area contributed by atoms with E-state index >= 15 is 4.39 Å². The molecule has 3 fully saturated rings. The van der Waals surface area contributed by atoms with Crippen LogP contribution < -0.4 is 21.6 Å². The number of alkyl halides is 1. The molecular formula is C47H58FN3O15. The molecular weight excluding hydrogens is 866 g/mol. The van der Waals surface area contributed by atoms with Crippen molar-refractivity contribution in [2.24, 2.45) is 28.6 Å². The third-order valence-electron chi connectivity index (χ3n) is 14.3. The molecule has 3 aromatic rings. The summed E-state index contributed by atoms with van der Waals surface area (Å²) in [4.78, 5) is 74.3. The van der Waals surface area contributed by atoms with Crippen molar-refractivity contribution in [3.63, 3.8) is 0 Å². The highest BCUT2D eigenvalue weighted by Gasteiger charge is 2.75. The summed E-state index contributed by atoms with van der Waals surface area (Å²) in [5.74, 6) is -2.21. The second-order valence-corrected chi connectivity index (χ2v) is 18.1. The van der Waals surface area contributed by atoms with Gasteiger partial charge >= 0.3 is 23.9 Å². The van der Waals surface area contributed by atoms with Crippen LogP contribution >= 0.6 is 0 Å². The third-order valence-corrected chi connectivity index (χ3v) is 14.3. The first-order valence-corrected chi connectivity index (χ1v) is 22.2. The van der Waals surface area contributed by atoms with Crippen LogP contribution in [0.2, 0.25) is 0 Å². The van der Waals surface area contributed by atoms with Crippen LogP contribution in [0.25, 0.3) is 21.9 Å². The van der Waals surface area contributed by atoms with Gasteiger partial charge in [0.2, 0.25) is 5.78 Å². The Balaban J connectivity index is 0.717. The maximum atomic E-state index is 17.4. The van der Waals surface area contributed by atoms with Crippen LogP contribution in [0.1, 0.15) is 63.3 Å². The van der Waals surface area contributed by atoms with Crippen LogP contribution in [0.5, 0.6) is 0 Å². The van der Waals surface area contributed by atoms with Gasteiger partial charge in [0.15, 0.2) is 18.1 Å². The number of rotatable bonds is 17. The number of furan rings is 1. The Hall–Kier alpha value is -5.63. The first-order chi connectivity index (χ1) is 31.3. The SMILES string of the molecule is Cc1cc(=O)oc2c(C)c3oc(CNC(=O)OCCOCCNC(=O)OCCOCCNC(=O)OCC(=O)[C@@]4(O)[C@H](C)CC5C6CCC7=CC(=O)C=CC7(C)[C@@]6(F)C(O)CC54C)cc3cc12. The van der Waals surface area contributed by atoms with Crippen LogP contribution in [0, 0.1) is 42.4 Å². The van der Waals surface area contributed by atoms with E-state index in [0.717, 1.165) is 16.3 Å². The van der Waals surface area contributed by atoms with Gasteiger partial charge < -0.3 is 58.7 Å². The molecule has 0 saturated heterocycles. The molecule has 4 aliphatic carbocycles. The molecule has 7 rings (SSSR count). The van der Waals surface area contributed by atoms with Gasteiger partial charge in [0, 0.05) is 52.2 Å². The minimum atomic E-state index is -2.11. The average Bonchev–Trinajstić information content (AvgIpc) is 3.78. The molecule has 2 heterocycles. The van der Waals surface area contributed by atoms with Crippen LogP contribution in [0.15, 0.2) is 55.6 Å². The van der Waals surface area contributed by atoms with Crippen molar-refractivity contribution in [2.45, 2.75) is 84.2 Å². The number of carbonyl (C=O) groups is 5. The fourth-order valence-corrected chi connectivity index (χ4v) is 11.0. The van der Waals surface area contributed by atoms with Crippen molar-refractivity contribution >= 4 is 51.8 Å². The molecule has 5 unspecified atom stereocenters. The Morgan fingerprint density at radius 3 is 2.18 bits per heavy atom. The van der Waals surface area contributed by atoms with Crippen LogP contribution in [-0.2, 0) is 39.8 Å². The maximum Gasteiger partial charge on any atom is 0.407 e. The lowest BCUT2D eigenvalue weighted by molar-refractivity contribution is -0.219. The summed E-state index contributed by atoms with van der Waals surface area (Å²) in [6, 6.07) is 5.09. The Labute approximate surface area is 379 Å². The number of benzene rings is 1. The van der Waals surface area contributed by atoms with Gasteiger partial charge in [-0.2, -0.15) is 0 Å². The summed E-state index contributed by atoms with van der Waals surface area (Å²) < 4.78 is 54.7. The first-order valence-electron chi connectivity index (χ1n) is 22.2. The van der Waals surface area contributed by atoms with Crippen molar-refractivity contribution in [3.05, 3.63) is 69.3 Å². The Kier molecular flexibility index (Phi) is 14.1. The van der Waals surface area contributed by atoms with Crippen molar-refractivity contribution in [1.82, 2.24) is 16.0 Å². The lowest BCUT2D eigenvalue weighted by Crippen LogP contribution is -2.69. The summed E-state index contributed by atoms with van der Waals surface area (Å²) in [5, 5.41) is 32.8. The van der Waals surface area contributed by atoms with Crippen molar-refractivity contribution in [3.8, 4) is 0 Å². The number of carbonyl (C=O) groups excluding carboxylic acids is 5. The van der Waals surface area contributed by atoms with E-state index in [1.54, 1.807) is 39.8 Å². The van der Waals surface area contributed by atoms with Gasteiger partial charge in [-0.25, -0.2) is 23.6 Å². The number of hydrogen-bond acceptors (Lipinski definition) is 15. The van der Waals surface area contributed by atoms with Gasteiger partial charge in [0.25, 0.3) is 0 Å². The molecule has 3 saturated carbocycles. The van der Waals surface area contributed by atoms with Gasteiger partial charge in [-0.15, -0.1) is 0 Å². The number of aliphatic hydroxyl groups excluding tert-OH is 1. The number of ketones is 2. The van der Waals surface area contributed by atoms with Gasteiger partial charge in [0.05, 0.1) is 39.1 Å². The fourth-order valence-electron chi connectivity index (χ4n) is 11.0. The van der Waals surface area contributed by atoms with E-state index in [2.05, 4.69) is 16.0 Å². The molecule has 358 valence electrons. The summed E-state index contributed by atoms with van der Waals surface area (Å²) >= 11 is 0. The predicted octanol–water partition coefficient (Wildman–Crippen LogP) is 4.78. The van der Waals surface area contributed by atoms with E-state index in [4.69, 9.17) is 32.5 Å². The molecule has 1 aromatic carbocycles. The fraction of sp³-hybridized carbons (Fsp3) is 0.574. The van der Waals surface area contributed by atoms with Crippen LogP contribution in [-0.4, -0.2) is 117 Å². The second-order valence-electron chi connectivity index (χ2n) is 18.1. The Morgan fingerprint density at radius 1 is 0.848 bits per heavy atom. The number of halogens is 1. The molecule has 0 radical (unpaired) electrons. The van der Waals surface area contributed by atoms with E-state index in [9.17, 15) is 39.0 Å². The zero-order chi connectivity index (χ0) is 47.6. The lowest BCUT2D eigenvalue weighted by Gasteiger charge is -2.62. The normalized spacial score (nSPS) is 28.8. The molecule has 4 aliphatic rings. The Morgan fingerprint density at radius 2 is 1.50 bits per heavy atom. The number of aliphatic hydroxyl groups is 2.